The van der Waals surface area contributed by atoms with E-state index in [1.807, 2.05) is 0 Å². The van der Waals surface area contributed by atoms with E-state index < -0.39 is 20.0 Å². The lowest BCUT2D eigenvalue weighted by Gasteiger charge is -2.25. The van der Waals surface area contributed by atoms with Crippen LogP contribution in [0.2, 0.25) is 0 Å². The molecule has 2 aromatic rings. The van der Waals surface area contributed by atoms with Crippen LogP contribution in [0.4, 0.5) is 11.4 Å². The molecule has 0 unspecified atom stereocenters. The Kier molecular flexibility index (Phi) is 9.76. The van der Waals surface area contributed by atoms with Crippen molar-refractivity contribution in [2.75, 3.05) is 36.8 Å². The molecule has 39 heavy (non-hydrogen) atoms. The summed E-state index contributed by atoms with van der Waals surface area (Å²) in [6.07, 6.45) is 6.08. The molecule has 12 heteroatoms. The molecule has 0 bridgehead atoms. The maximum absolute atomic E-state index is 12.8. The lowest BCUT2D eigenvalue weighted by atomic mass is 10.2. The van der Waals surface area contributed by atoms with Crippen LogP contribution in [-0.2, 0) is 29.6 Å². The van der Waals surface area contributed by atoms with Gasteiger partial charge < -0.3 is 10.6 Å². The van der Waals surface area contributed by atoms with Gasteiger partial charge in [0.25, 0.3) is 0 Å². The summed E-state index contributed by atoms with van der Waals surface area (Å²) in [5.74, 6) is -0.552. The molecular formula is C27H36N4O6S2. The van der Waals surface area contributed by atoms with E-state index in [0.29, 0.717) is 44.0 Å². The zero-order valence-electron chi connectivity index (χ0n) is 22.0. The SMILES string of the molecule is O=C(CCCC(=O)Nc1ccc(S(=O)(=O)N2CCCCC2)cc1)Nc1ccc(S(=O)(=O)N2CCCCC2)cc1. The van der Waals surface area contributed by atoms with E-state index in [1.54, 1.807) is 24.3 Å². The molecule has 2 aromatic carbocycles. The normalized spacial score (nSPS) is 17.4. The summed E-state index contributed by atoms with van der Waals surface area (Å²) >= 11 is 0. The maximum atomic E-state index is 12.8. The van der Waals surface area contributed by atoms with Crippen LogP contribution in [0.25, 0.3) is 0 Å². The molecule has 0 atom stereocenters. The molecule has 10 nitrogen and oxygen atoms in total. The van der Waals surface area contributed by atoms with Crippen molar-refractivity contribution in [3.63, 3.8) is 0 Å². The van der Waals surface area contributed by atoms with Gasteiger partial charge in [0.15, 0.2) is 0 Å². The third kappa shape index (κ3) is 7.65. The van der Waals surface area contributed by atoms with Crippen LogP contribution < -0.4 is 10.6 Å². The molecule has 2 heterocycles. The van der Waals surface area contributed by atoms with Crippen LogP contribution in [-0.4, -0.2) is 63.4 Å². The number of anilines is 2. The smallest absolute Gasteiger partial charge is 0.243 e. The maximum Gasteiger partial charge on any atom is 0.243 e. The Bertz CT molecular complexity index is 1240. The molecule has 0 aliphatic carbocycles. The molecule has 2 saturated heterocycles. The van der Waals surface area contributed by atoms with Gasteiger partial charge >= 0.3 is 0 Å². The first-order chi connectivity index (χ1) is 18.7. The zero-order valence-corrected chi connectivity index (χ0v) is 23.6. The largest absolute Gasteiger partial charge is 0.326 e. The molecule has 2 N–H and O–H groups in total. The van der Waals surface area contributed by atoms with Crippen LogP contribution in [0.5, 0.6) is 0 Å². The van der Waals surface area contributed by atoms with E-state index in [9.17, 15) is 26.4 Å². The summed E-state index contributed by atoms with van der Waals surface area (Å²) in [4.78, 5) is 25.0. The highest BCUT2D eigenvalue weighted by atomic mass is 32.2. The molecule has 2 fully saturated rings. The van der Waals surface area contributed by atoms with Crippen LogP contribution in [0.3, 0.4) is 0 Å². The van der Waals surface area contributed by atoms with Gasteiger partial charge in [-0.3, -0.25) is 9.59 Å². The molecular weight excluding hydrogens is 540 g/mol. The number of rotatable bonds is 10. The van der Waals surface area contributed by atoms with Crippen molar-refractivity contribution < 1.29 is 26.4 Å². The van der Waals surface area contributed by atoms with Crippen LogP contribution in [0, 0.1) is 0 Å². The van der Waals surface area contributed by atoms with E-state index >= 15 is 0 Å². The number of sulfonamides is 2. The van der Waals surface area contributed by atoms with Gasteiger partial charge in [-0.1, -0.05) is 12.8 Å². The number of carbonyl (C=O) groups is 2. The molecule has 0 radical (unpaired) electrons. The minimum absolute atomic E-state index is 0.119. The zero-order chi connectivity index (χ0) is 27.9. The van der Waals surface area contributed by atoms with Crippen molar-refractivity contribution in [3.05, 3.63) is 48.5 Å². The number of benzene rings is 2. The van der Waals surface area contributed by atoms with Gasteiger partial charge in [0, 0.05) is 50.4 Å². The van der Waals surface area contributed by atoms with Gasteiger partial charge in [-0.15, -0.1) is 0 Å². The second-order valence-corrected chi connectivity index (χ2v) is 13.8. The Morgan fingerprint density at radius 1 is 0.564 bits per heavy atom. The van der Waals surface area contributed by atoms with Crippen LogP contribution in [0.1, 0.15) is 57.8 Å². The minimum atomic E-state index is -3.53. The van der Waals surface area contributed by atoms with Crippen molar-refractivity contribution in [1.82, 2.24) is 8.61 Å². The average Bonchev–Trinajstić information content (AvgIpc) is 2.94. The Balaban J connectivity index is 1.20. The second-order valence-electron chi connectivity index (χ2n) is 9.93. The van der Waals surface area contributed by atoms with Gasteiger partial charge in [0.05, 0.1) is 9.79 Å². The fourth-order valence-electron chi connectivity index (χ4n) is 4.79. The van der Waals surface area contributed by atoms with Crippen LogP contribution in [0.15, 0.2) is 58.3 Å². The number of amides is 2. The Labute approximate surface area is 230 Å². The van der Waals surface area contributed by atoms with Crippen molar-refractivity contribution in [3.8, 4) is 0 Å². The van der Waals surface area contributed by atoms with Gasteiger partial charge in [-0.05, 0) is 80.6 Å². The summed E-state index contributed by atoms with van der Waals surface area (Å²) < 4.78 is 54.0. The predicted molar refractivity (Wildman–Crippen MR) is 149 cm³/mol. The minimum Gasteiger partial charge on any atom is -0.326 e. The molecule has 2 amide bonds. The fourth-order valence-corrected chi connectivity index (χ4v) is 7.82. The van der Waals surface area contributed by atoms with Crippen molar-refractivity contribution >= 4 is 43.2 Å². The highest BCUT2D eigenvalue weighted by Gasteiger charge is 2.27. The van der Waals surface area contributed by atoms with Crippen molar-refractivity contribution in [1.29, 1.82) is 0 Å². The monoisotopic (exact) mass is 576 g/mol. The number of hydrogen-bond donors (Lipinski definition) is 2. The molecule has 0 spiro atoms. The number of hydrogen-bond acceptors (Lipinski definition) is 6. The van der Waals surface area contributed by atoms with Gasteiger partial charge in [-0.25, -0.2) is 16.8 Å². The van der Waals surface area contributed by atoms with Gasteiger partial charge in [0.1, 0.15) is 0 Å². The number of piperidine rings is 2. The number of carbonyl (C=O) groups excluding carboxylic acids is 2. The van der Waals surface area contributed by atoms with Gasteiger partial charge in [0.2, 0.25) is 31.9 Å². The van der Waals surface area contributed by atoms with E-state index in [1.165, 1.54) is 32.9 Å². The summed E-state index contributed by atoms with van der Waals surface area (Å²) in [5, 5.41) is 5.46. The van der Waals surface area contributed by atoms with Crippen LogP contribution >= 0.6 is 0 Å². The summed E-state index contributed by atoms with van der Waals surface area (Å²) in [6.45, 7) is 2.11. The van der Waals surface area contributed by atoms with E-state index in [2.05, 4.69) is 10.6 Å². The molecule has 4 rings (SSSR count). The topological polar surface area (TPSA) is 133 Å². The van der Waals surface area contributed by atoms with Crippen molar-refractivity contribution in [2.45, 2.75) is 67.6 Å². The number of nitrogens with one attached hydrogen (secondary N) is 2. The Morgan fingerprint density at radius 2 is 0.897 bits per heavy atom. The lowest BCUT2D eigenvalue weighted by molar-refractivity contribution is -0.117. The standard InChI is InChI=1S/C27H36N4O6S2/c32-26(28-22-10-14-24(15-11-22)38(34,35)30-18-3-1-4-19-30)8-7-9-27(33)29-23-12-16-25(17-13-23)39(36,37)31-20-5-2-6-21-31/h10-17H,1-9,18-21H2,(H,28,32)(H,29,33). The van der Waals surface area contributed by atoms with Gasteiger partial charge in [-0.2, -0.15) is 8.61 Å². The van der Waals surface area contributed by atoms with E-state index in [0.717, 1.165) is 38.5 Å². The predicted octanol–water partition coefficient (Wildman–Crippen LogP) is 3.78. The average molecular weight is 577 g/mol. The number of nitrogens with zero attached hydrogens (tertiary/aromatic N) is 2. The summed E-state index contributed by atoms with van der Waals surface area (Å²) in [6, 6.07) is 12.2. The summed E-state index contributed by atoms with van der Waals surface area (Å²) in [7, 11) is -7.06. The lowest BCUT2D eigenvalue weighted by Crippen LogP contribution is -2.35. The first kappa shape index (κ1) is 29.2. The highest BCUT2D eigenvalue weighted by Crippen LogP contribution is 2.23. The quantitative estimate of drug-likeness (QED) is 0.442. The fraction of sp³-hybridized carbons (Fsp3) is 0.481. The second kappa shape index (κ2) is 13.0. The Hall–Kier alpha value is -2.80. The third-order valence-corrected chi connectivity index (χ3v) is 10.8. The third-order valence-electron chi connectivity index (χ3n) is 6.99. The Morgan fingerprint density at radius 3 is 1.23 bits per heavy atom. The first-order valence-electron chi connectivity index (χ1n) is 13.5. The van der Waals surface area contributed by atoms with E-state index in [-0.39, 0.29) is 34.4 Å². The van der Waals surface area contributed by atoms with Crippen molar-refractivity contribution in [2.24, 2.45) is 0 Å². The molecule has 2 aliphatic heterocycles. The molecule has 2 aliphatic rings. The summed E-state index contributed by atoms with van der Waals surface area (Å²) in [5.41, 5.74) is 0.975. The highest BCUT2D eigenvalue weighted by molar-refractivity contribution is 7.89. The molecule has 0 saturated carbocycles. The first-order valence-corrected chi connectivity index (χ1v) is 16.3. The molecule has 212 valence electrons. The van der Waals surface area contributed by atoms with E-state index in [4.69, 9.17) is 0 Å². The molecule has 0 aromatic heterocycles.